The molecule has 0 spiro atoms. The second-order valence-corrected chi connectivity index (χ2v) is 6.16. The Morgan fingerprint density at radius 2 is 2.12 bits per heavy atom. The monoisotopic (exact) mass is 356 g/mol. The molecule has 1 aromatic heterocycles. The highest BCUT2D eigenvalue weighted by atomic mass is 35.5. The molecular weight excluding hydrogens is 340 g/mol. The van der Waals surface area contributed by atoms with Crippen LogP contribution in [0.25, 0.3) is 17.4 Å². The Kier molecular flexibility index (Phi) is 5.54. The second-order valence-electron chi connectivity index (χ2n) is 5.72. The summed E-state index contributed by atoms with van der Waals surface area (Å²) in [5.74, 6) is 0.649. The number of ether oxygens (including phenoxy) is 1. The first-order chi connectivity index (χ1) is 12.2. The minimum atomic E-state index is -0.428. The number of furan rings is 1. The largest absolute Gasteiger partial charge is 0.457 e. The van der Waals surface area contributed by atoms with Gasteiger partial charge in [0.1, 0.15) is 23.2 Å². The number of hydrogen-bond acceptors (Lipinski definition) is 4. The molecule has 0 bridgehead atoms. The number of rotatable bonds is 5. The van der Waals surface area contributed by atoms with E-state index in [0.717, 1.165) is 25.0 Å². The standard InChI is InChI=1S/C19H17ClN2O3/c20-15-5-3-13(4-6-15)18-8-7-16(25-18)10-14(11-21)19(23)22-12-17-2-1-9-24-17/h3-8,10,17H,1-2,9,12H2,(H,22,23)/b14-10-/t17-/m1/s1. The minimum Gasteiger partial charge on any atom is -0.457 e. The molecule has 1 amide bonds. The molecule has 128 valence electrons. The Bertz CT molecular complexity index is 812. The number of benzene rings is 1. The number of nitrogens with one attached hydrogen (secondary N) is 1. The van der Waals surface area contributed by atoms with Crippen molar-refractivity contribution in [3.63, 3.8) is 0 Å². The van der Waals surface area contributed by atoms with E-state index in [4.69, 9.17) is 20.8 Å². The molecule has 1 fully saturated rings. The third-order valence-electron chi connectivity index (χ3n) is 3.92. The molecule has 6 heteroatoms. The van der Waals surface area contributed by atoms with Crippen LogP contribution >= 0.6 is 11.6 Å². The summed E-state index contributed by atoms with van der Waals surface area (Å²) in [5, 5.41) is 12.6. The summed E-state index contributed by atoms with van der Waals surface area (Å²) in [6.45, 7) is 1.13. The molecule has 2 aromatic rings. The van der Waals surface area contributed by atoms with Gasteiger partial charge in [-0.05, 0) is 49.2 Å². The van der Waals surface area contributed by atoms with Crippen LogP contribution in [0.3, 0.4) is 0 Å². The molecule has 0 radical (unpaired) electrons. The van der Waals surface area contributed by atoms with E-state index in [2.05, 4.69) is 5.32 Å². The summed E-state index contributed by atoms with van der Waals surface area (Å²) in [6, 6.07) is 12.6. The summed E-state index contributed by atoms with van der Waals surface area (Å²) in [7, 11) is 0. The lowest BCUT2D eigenvalue weighted by molar-refractivity contribution is -0.117. The van der Waals surface area contributed by atoms with Gasteiger partial charge in [-0.3, -0.25) is 4.79 Å². The molecule has 0 unspecified atom stereocenters. The molecule has 1 atom stereocenters. The number of carbonyl (C=O) groups excluding carboxylic acids is 1. The van der Waals surface area contributed by atoms with Gasteiger partial charge in [-0.1, -0.05) is 11.6 Å². The fourth-order valence-electron chi connectivity index (χ4n) is 2.60. The van der Waals surface area contributed by atoms with Crippen LogP contribution in [0, 0.1) is 11.3 Å². The van der Waals surface area contributed by atoms with Gasteiger partial charge in [0.25, 0.3) is 5.91 Å². The third-order valence-corrected chi connectivity index (χ3v) is 4.17. The number of nitriles is 1. The molecule has 1 aromatic carbocycles. The number of nitrogens with zero attached hydrogens (tertiary/aromatic N) is 1. The maximum absolute atomic E-state index is 12.1. The lowest BCUT2D eigenvalue weighted by Gasteiger charge is -2.09. The molecule has 3 rings (SSSR count). The average molecular weight is 357 g/mol. The van der Waals surface area contributed by atoms with Crippen molar-refractivity contribution in [3.05, 3.63) is 52.8 Å². The van der Waals surface area contributed by atoms with Crippen LogP contribution in [0.4, 0.5) is 0 Å². The zero-order chi connectivity index (χ0) is 17.6. The number of halogens is 1. The summed E-state index contributed by atoms with van der Waals surface area (Å²) in [4.78, 5) is 12.1. The van der Waals surface area contributed by atoms with Crippen molar-refractivity contribution in [1.29, 1.82) is 5.26 Å². The van der Waals surface area contributed by atoms with E-state index >= 15 is 0 Å². The van der Waals surface area contributed by atoms with Gasteiger partial charge in [0.2, 0.25) is 0 Å². The summed E-state index contributed by atoms with van der Waals surface area (Å²) in [5.41, 5.74) is 0.861. The lowest BCUT2D eigenvalue weighted by atomic mass is 10.2. The first-order valence-electron chi connectivity index (χ1n) is 8.03. The smallest absolute Gasteiger partial charge is 0.262 e. The summed E-state index contributed by atoms with van der Waals surface area (Å²) >= 11 is 5.87. The van der Waals surface area contributed by atoms with Crippen LogP contribution < -0.4 is 5.32 Å². The van der Waals surface area contributed by atoms with Crippen molar-refractivity contribution in [2.24, 2.45) is 0 Å². The molecule has 5 nitrogen and oxygen atoms in total. The van der Waals surface area contributed by atoms with E-state index in [-0.39, 0.29) is 11.7 Å². The highest BCUT2D eigenvalue weighted by Crippen LogP contribution is 2.24. The molecule has 0 aliphatic carbocycles. The Morgan fingerprint density at radius 3 is 2.80 bits per heavy atom. The molecule has 1 saturated heterocycles. The van der Waals surface area contributed by atoms with E-state index in [1.54, 1.807) is 24.3 Å². The quantitative estimate of drug-likeness (QED) is 0.653. The predicted octanol–water partition coefficient (Wildman–Crippen LogP) is 3.80. The number of hydrogen-bond donors (Lipinski definition) is 1. The van der Waals surface area contributed by atoms with Gasteiger partial charge in [-0.25, -0.2) is 0 Å². The Hall–Kier alpha value is -2.55. The normalized spacial score (nSPS) is 17.3. The number of carbonyl (C=O) groups is 1. The summed E-state index contributed by atoms with van der Waals surface area (Å²) in [6.07, 6.45) is 3.39. The van der Waals surface area contributed by atoms with E-state index in [9.17, 15) is 10.1 Å². The van der Waals surface area contributed by atoms with Gasteiger partial charge >= 0.3 is 0 Å². The fraction of sp³-hybridized carbons (Fsp3) is 0.263. The average Bonchev–Trinajstić information content (AvgIpc) is 3.30. The van der Waals surface area contributed by atoms with E-state index in [1.165, 1.54) is 6.08 Å². The SMILES string of the molecule is N#C/C(=C/c1ccc(-c2ccc(Cl)cc2)o1)C(=O)NC[C@H]1CCCO1. The van der Waals surface area contributed by atoms with Gasteiger partial charge in [-0.15, -0.1) is 0 Å². The summed E-state index contributed by atoms with van der Waals surface area (Å²) < 4.78 is 11.1. The number of amides is 1. The van der Waals surface area contributed by atoms with Crippen LogP contribution in [-0.4, -0.2) is 25.2 Å². The maximum Gasteiger partial charge on any atom is 0.262 e. The molecule has 0 saturated carbocycles. The molecule has 1 N–H and O–H groups in total. The van der Waals surface area contributed by atoms with E-state index in [1.807, 2.05) is 18.2 Å². The zero-order valence-corrected chi connectivity index (χ0v) is 14.3. The van der Waals surface area contributed by atoms with Crippen LogP contribution in [-0.2, 0) is 9.53 Å². The van der Waals surface area contributed by atoms with Gasteiger partial charge in [0.05, 0.1) is 6.10 Å². The van der Waals surface area contributed by atoms with Crippen molar-refractivity contribution in [2.45, 2.75) is 18.9 Å². The molecule has 25 heavy (non-hydrogen) atoms. The van der Waals surface area contributed by atoms with Gasteiger partial charge in [-0.2, -0.15) is 5.26 Å². The first kappa shape index (κ1) is 17.3. The Morgan fingerprint density at radius 1 is 1.32 bits per heavy atom. The maximum atomic E-state index is 12.1. The van der Waals surface area contributed by atoms with Gasteiger partial charge in [0, 0.05) is 29.8 Å². The lowest BCUT2D eigenvalue weighted by Crippen LogP contribution is -2.32. The van der Waals surface area contributed by atoms with E-state index < -0.39 is 5.91 Å². The highest BCUT2D eigenvalue weighted by molar-refractivity contribution is 6.30. The van der Waals surface area contributed by atoms with Crippen molar-refractivity contribution in [3.8, 4) is 17.4 Å². The highest BCUT2D eigenvalue weighted by Gasteiger charge is 2.18. The van der Waals surface area contributed by atoms with Gasteiger partial charge in [0.15, 0.2) is 0 Å². The zero-order valence-electron chi connectivity index (χ0n) is 13.5. The molecular formula is C19H17ClN2O3. The van der Waals surface area contributed by atoms with E-state index in [0.29, 0.717) is 23.1 Å². The Labute approximate surface area is 150 Å². The predicted molar refractivity (Wildman–Crippen MR) is 94.7 cm³/mol. The molecule has 2 heterocycles. The fourth-order valence-corrected chi connectivity index (χ4v) is 2.72. The van der Waals surface area contributed by atoms with Crippen molar-refractivity contribution >= 4 is 23.6 Å². The van der Waals surface area contributed by atoms with Crippen molar-refractivity contribution < 1.29 is 13.9 Å². The molecule has 1 aliphatic heterocycles. The third kappa shape index (κ3) is 4.50. The Balaban J connectivity index is 1.68. The van der Waals surface area contributed by atoms with Crippen LogP contribution in [0.15, 0.2) is 46.4 Å². The second kappa shape index (κ2) is 8.02. The topological polar surface area (TPSA) is 75.3 Å². The van der Waals surface area contributed by atoms with Crippen LogP contribution in [0.5, 0.6) is 0 Å². The first-order valence-corrected chi connectivity index (χ1v) is 8.41. The van der Waals surface area contributed by atoms with Crippen LogP contribution in [0.1, 0.15) is 18.6 Å². The minimum absolute atomic E-state index is 0.00463. The van der Waals surface area contributed by atoms with Gasteiger partial charge < -0.3 is 14.5 Å². The molecule has 1 aliphatic rings. The van der Waals surface area contributed by atoms with Crippen molar-refractivity contribution in [1.82, 2.24) is 5.32 Å². The van der Waals surface area contributed by atoms with Crippen LogP contribution in [0.2, 0.25) is 5.02 Å². The van der Waals surface area contributed by atoms with Crippen molar-refractivity contribution in [2.75, 3.05) is 13.2 Å².